The zero-order valence-corrected chi connectivity index (χ0v) is 11.8. The monoisotopic (exact) mass is 291 g/mol. The van der Waals surface area contributed by atoms with Gasteiger partial charge in [-0.2, -0.15) is 5.26 Å². The average molecular weight is 291 g/mol. The second-order valence-electron chi connectivity index (χ2n) is 5.36. The molecule has 0 bridgehead atoms. The van der Waals surface area contributed by atoms with Crippen LogP contribution in [0, 0.1) is 23.1 Å². The van der Waals surface area contributed by atoms with E-state index in [1.54, 1.807) is 0 Å². The summed E-state index contributed by atoms with van der Waals surface area (Å²) in [5.74, 6) is -0.327. The predicted octanol–water partition coefficient (Wildman–Crippen LogP) is 1.61. The summed E-state index contributed by atoms with van der Waals surface area (Å²) in [5.41, 5.74) is 0.573. The lowest BCUT2D eigenvalue weighted by Gasteiger charge is -2.34. The molecule has 1 aromatic carbocycles. The molecule has 0 radical (unpaired) electrons. The minimum absolute atomic E-state index is 0.0541. The number of carbonyl (C=O) groups excluding carboxylic acids is 1. The van der Waals surface area contributed by atoms with Crippen LogP contribution in [-0.4, -0.2) is 35.2 Å². The summed E-state index contributed by atoms with van der Waals surface area (Å²) in [6, 6.07) is 5.69. The molecule has 0 aliphatic carbocycles. The molecule has 1 saturated heterocycles. The van der Waals surface area contributed by atoms with Crippen molar-refractivity contribution in [2.45, 2.75) is 26.0 Å². The molecule has 2 N–H and O–H groups in total. The lowest BCUT2D eigenvalue weighted by Crippen LogP contribution is -2.49. The van der Waals surface area contributed by atoms with Crippen LogP contribution in [0.4, 0.5) is 9.18 Å². The van der Waals surface area contributed by atoms with Gasteiger partial charge in [0.2, 0.25) is 0 Å². The van der Waals surface area contributed by atoms with Crippen molar-refractivity contribution in [1.82, 2.24) is 10.2 Å². The number of amides is 2. The number of nitrogens with one attached hydrogen (secondary N) is 1. The predicted molar refractivity (Wildman–Crippen MR) is 74.7 cm³/mol. The Bertz CT molecular complexity index is 571. The largest absolute Gasteiger partial charge is 0.391 e. The number of β-amino-alcohol motifs (C(OH)–C–C–N with tert-alkyl or cyclic N) is 1. The molecular formula is C15H18FN3O2. The number of urea groups is 1. The Morgan fingerprint density at radius 1 is 1.62 bits per heavy atom. The molecule has 1 aliphatic heterocycles. The van der Waals surface area contributed by atoms with Crippen LogP contribution in [0.25, 0.3) is 0 Å². The first-order valence-corrected chi connectivity index (χ1v) is 6.90. The van der Waals surface area contributed by atoms with Gasteiger partial charge in [0.1, 0.15) is 5.82 Å². The normalized spacial score (nSPS) is 21.7. The van der Waals surface area contributed by atoms with Crippen LogP contribution in [0.5, 0.6) is 0 Å². The number of aliphatic hydroxyl groups excluding tert-OH is 1. The van der Waals surface area contributed by atoms with Crippen LogP contribution in [-0.2, 0) is 6.54 Å². The first kappa shape index (κ1) is 15.3. The number of nitrogens with zero attached hydrogens (tertiary/aromatic N) is 2. The minimum Gasteiger partial charge on any atom is -0.391 e. The van der Waals surface area contributed by atoms with Gasteiger partial charge < -0.3 is 15.3 Å². The number of aliphatic hydroxyl groups is 1. The average Bonchev–Trinajstić information content (AvgIpc) is 2.48. The highest BCUT2D eigenvalue weighted by Gasteiger charge is 2.27. The number of hydrogen-bond donors (Lipinski definition) is 2. The zero-order chi connectivity index (χ0) is 15.4. The fourth-order valence-electron chi connectivity index (χ4n) is 2.28. The van der Waals surface area contributed by atoms with E-state index >= 15 is 0 Å². The number of rotatable bonds is 2. The Balaban J connectivity index is 1.91. The number of nitriles is 1. The van der Waals surface area contributed by atoms with Crippen molar-refractivity contribution in [2.75, 3.05) is 13.1 Å². The van der Waals surface area contributed by atoms with Gasteiger partial charge in [0.25, 0.3) is 0 Å². The molecular weight excluding hydrogens is 273 g/mol. The lowest BCUT2D eigenvalue weighted by molar-refractivity contribution is 0.0435. The van der Waals surface area contributed by atoms with Crippen molar-refractivity contribution in [3.8, 4) is 6.07 Å². The summed E-state index contributed by atoms with van der Waals surface area (Å²) in [7, 11) is 0. The molecule has 2 rings (SSSR count). The van der Waals surface area contributed by atoms with E-state index in [4.69, 9.17) is 5.26 Å². The molecule has 0 saturated carbocycles. The molecule has 1 heterocycles. The number of likely N-dealkylation sites (tertiary alicyclic amines) is 1. The van der Waals surface area contributed by atoms with E-state index in [-0.39, 0.29) is 24.1 Å². The molecule has 2 unspecified atom stereocenters. The molecule has 1 aromatic rings. The van der Waals surface area contributed by atoms with E-state index in [9.17, 15) is 14.3 Å². The van der Waals surface area contributed by atoms with Crippen molar-refractivity contribution < 1.29 is 14.3 Å². The highest BCUT2D eigenvalue weighted by Crippen LogP contribution is 2.17. The van der Waals surface area contributed by atoms with E-state index in [1.807, 2.05) is 13.0 Å². The third kappa shape index (κ3) is 3.70. The summed E-state index contributed by atoms with van der Waals surface area (Å²) < 4.78 is 13.7. The maximum Gasteiger partial charge on any atom is 0.317 e. The minimum atomic E-state index is -0.517. The van der Waals surface area contributed by atoms with Gasteiger partial charge >= 0.3 is 6.03 Å². The van der Waals surface area contributed by atoms with Crippen LogP contribution in [0.2, 0.25) is 0 Å². The van der Waals surface area contributed by atoms with Crippen LogP contribution in [0.3, 0.4) is 0 Å². The number of halogens is 1. The second-order valence-corrected chi connectivity index (χ2v) is 5.36. The number of piperidine rings is 1. The smallest absolute Gasteiger partial charge is 0.317 e. The summed E-state index contributed by atoms with van der Waals surface area (Å²) in [6.07, 6.45) is 0.232. The van der Waals surface area contributed by atoms with E-state index < -0.39 is 11.9 Å². The maximum atomic E-state index is 13.7. The summed E-state index contributed by atoms with van der Waals surface area (Å²) in [6.45, 7) is 2.88. The second kappa shape index (κ2) is 6.55. The first-order valence-electron chi connectivity index (χ1n) is 6.90. The third-order valence-electron chi connectivity index (χ3n) is 3.82. The van der Waals surface area contributed by atoms with Crippen LogP contribution in [0.15, 0.2) is 18.2 Å². The van der Waals surface area contributed by atoms with Crippen LogP contribution < -0.4 is 5.32 Å². The Kier molecular flexibility index (Phi) is 4.76. The highest BCUT2D eigenvalue weighted by molar-refractivity contribution is 5.74. The third-order valence-corrected chi connectivity index (χ3v) is 3.82. The zero-order valence-electron chi connectivity index (χ0n) is 11.8. The molecule has 2 amide bonds. The molecule has 1 fully saturated rings. The Morgan fingerprint density at radius 3 is 3.00 bits per heavy atom. The number of hydrogen-bond acceptors (Lipinski definition) is 3. The van der Waals surface area contributed by atoms with Crippen LogP contribution >= 0.6 is 0 Å². The summed E-state index contributed by atoms with van der Waals surface area (Å²) in [5, 5.41) is 21.1. The highest BCUT2D eigenvalue weighted by atomic mass is 19.1. The van der Waals surface area contributed by atoms with E-state index in [0.29, 0.717) is 18.7 Å². The van der Waals surface area contributed by atoms with Crippen LogP contribution in [0.1, 0.15) is 24.5 Å². The van der Waals surface area contributed by atoms with E-state index in [2.05, 4.69) is 5.32 Å². The van der Waals surface area contributed by atoms with Gasteiger partial charge in [-0.15, -0.1) is 0 Å². The van der Waals surface area contributed by atoms with Gasteiger partial charge in [-0.3, -0.25) is 0 Å². The van der Waals surface area contributed by atoms with Gasteiger partial charge in [-0.1, -0.05) is 13.0 Å². The fraction of sp³-hybridized carbons (Fsp3) is 0.467. The van der Waals surface area contributed by atoms with E-state index in [0.717, 1.165) is 12.5 Å². The first-order chi connectivity index (χ1) is 10.0. The molecule has 1 aliphatic rings. The SMILES string of the molecule is CC1CCN(C(=O)NCc2ccc(C#N)cc2F)CC1O. The molecule has 2 atom stereocenters. The molecule has 112 valence electrons. The molecule has 0 spiro atoms. The maximum absolute atomic E-state index is 13.7. The topological polar surface area (TPSA) is 76.4 Å². The Labute approximate surface area is 123 Å². The fourth-order valence-corrected chi connectivity index (χ4v) is 2.28. The van der Waals surface area contributed by atoms with Crippen molar-refractivity contribution in [1.29, 1.82) is 5.26 Å². The molecule has 5 nitrogen and oxygen atoms in total. The van der Waals surface area contributed by atoms with Crippen molar-refractivity contribution in [3.05, 3.63) is 35.1 Å². The standard InChI is InChI=1S/C15H18FN3O2/c1-10-4-5-19(9-14(10)20)15(21)18-8-12-3-2-11(7-17)6-13(12)16/h2-3,6,10,14,20H,4-5,8-9H2,1H3,(H,18,21). The Morgan fingerprint density at radius 2 is 2.38 bits per heavy atom. The van der Waals surface area contributed by atoms with Gasteiger partial charge in [-0.05, 0) is 24.5 Å². The van der Waals surface area contributed by atoms with Gasteiger partial charge in [0, 0.05) is 25.2 Å². The molecule has 6 heteroatoms. The van der Waals surface area contributed by atoms with Gasteiger partial charge in [-0.25, -0.2) is 9.18 Å². The summed E-state index contributed by atoms with van der Waals surface area (Å²) in [4.78, 5) is 13.5. The van der Waals surface area contributed by atoms with Crippen molar-refractivity contribution >= 4 is 6.03 Å². The molecule has 0 aromatic heterocycles. The molecule has 21 heavy (non-hydrogen) atoms. The Hall–Kier alpha value is -2.13. The lowest BCUT2D eigenvalue weighted by atomic mass is 9.96. The van der Waals surface area contributed by atoms with Gasteiger partial charge in [0.15, 0.2) is 0 Å². The summed E-state index contributed by atoms with van der Waals surface area (Å²) >= 11 is 0. The van der Waals surface area contributed by atoms with Gasteiger partial charge in [0.05, 0.1) is 17.7 Å². The number of carbonyl (C=O) groups is 1. The van der Waals surface area contributed by atoms with Crippen molar-refractivity contribution in [2.24, 2.45) is 5.92 Å². The number of benzene rings is 1. The quantitative estimate of drug-likeness (QED) is 0.869. The van der Waals surface area contributed by atoms with E-state index in [1.165, 1.54) is 17.0 Å². The van der Waals surface area contributed by atoms with Crippen molar-refractivity contribution in [3.63, 3.8) is 0 Å².